The molecule has 0 heteroatoms. The second kappa shape index (κ2) is 6.24. The third kappa shape index (κ3) is 3.20. The molecule has 2 aromatic carbocycles. The first-order chi connectivity index (χ1) is 8.18. The van der Waals surface area contributed by atoms with Crippen LogP contribution in [0.3, 0.4) is 0 Å². The molecule has 0 atom stereocenters. The molecule has 17 heavy (non-hydrogen) atoms. The SMILES string of the molecule is CC.Cc1cc(C)c(-c2ccccc2)cc1C. The lowest BCUT2D eigenvalue weighted by Gasteiger charge is -2.09. The number of rotatable bonds is 1. The summed E-state index contributed by atoms with van der Waals surface area (Å²) in [5, 5.41) is 0. The fraction of sp³-hybridized carbons (Fsp3) is 0.294. The first-order valence-corrected chi connectivity index (χ1v) is 6.32. The zero-order chi connectivity index (χ0) is 12.8. The molecule has 0 fully saturated rings. The highest BCUT2D eigenvalue weighted by molar-refractivity contribution is 5.68. The van der Waals surface area contributed by atoms with Crippen LogP contribution in [0.2, 0.25) is 0 Å². The summed E-state index contributed by atoms with van der Waals surface area (Å²) in [6.07, 6.45) is 0. The second-order valence-corrected chi connectivity index (χ2v) is 4.12. The van der Waals surface area contributed by atoms with Crippen molar-refractivity contribution in [1.82, 2.24) is 0 Å². The lowest BCUT2D eigenvalue weighted by Crippen LogP contribution is -1.88. The first kappa shape index (κ1) is 13.5. The van der Waals surface area contributed by atoms with Crippen molar-refractivity contribution in [2.75, 3.05) is 0 Å². The Morgan fingerprint density at radius 1 is 0.647 bits per heavy atom. The topological polar surface area (TPSA) is 0 Å². The second-order valence-electron chi connectivity index (χ2n) is 4.12. The Morgan fingerprint density at radius 2 is 1.18 bits per heavy atom. The zero-order valence-electron chi connectivity index (χ0n) is 11.5. The molecule has 0 saturated heterocycles. The molecule has 90 valence electrons. The van der Waals surface area contributed by atoms with Gasteiger partial charge in [0.05, 0.1) is 0 Å². The average molecular weight is 226 g/mol. The van der Waals surface area contributed by atoms with Crippen molar-refractivity contribution < 1.29 is 0 Å². The van der Waals surface area contributed by atoms with Gasteiger partial charge in [0.15, 0.2) is 0 Å². The third-order valence-corrected chi connectivity index (χ3v) is 2.93. The van der Waals surface area contributed by atoms with Gasteiger partial charge in [-0.2, -0.15) is 0 Å². The van der Waals surface area contributed by atoms with Crippen molar-refractivity contribution in [3.05, 3.63) is 59.2 Å². The predicted octanol–water partition coefficient (Wildman–Crippen LogP) is 5.31. The van der Waals surface area contributed by atoms with Crippen LogP contribution < -0.4 is 0 Å². The molecule has 0 aliphatic rings. The van der Waals surface area contributed by atoms with Crippen LogP contribution in [-0.2, 0) is 0 Å². The van der Waals surface area contributed by atoms with Crippen molar-refractivity contribution in [3.8, 4) is 11.1 Å². The molecular formula is C17H22. The summed E-state index contributed by atoms with van der Waals surface area (Å²) >= 11 is 0. The van der Waals surface area contributed by atoms with Crippen LogP contribution in [0.25, 0.3) is 11.1 Å². The number of aryl methyl sites for hydroxylation is 3. The number of hydrogen-bond donors (Lipinski definition) is 0. The molecule has 0 aromatic heterocycles. The van der Waals surface area contributed by atoms with Gasteiger partial charge in [0.2, 0.25) is 0 Å². The Balaban J connectivity index is 0.000000686. The zero-order valence-corrected chi connectivity index (χ0v) is 11.5. The summed E-state index contributed by atoms with van der Waals surface area (Å²) < 4.78 is 0. The maximum absolute atomic E-state index is 2.28. The molecule has 0 nitrogen and oxygen atoms in total. The first-order valence-electron chi connectivity index (χ1n) is 6.32. The molecule has 0 aliphatic heterocycles. The Kier molecular flexibility index (Phi) is 4.96. The number of hydrogen-bond acceptors (Lipinski definition) is 0. The maximum Gasteiger partial charge on any atom is -0.0152 e. The Morgan fingerprint density at radius 3 is 1.76 bits per heavy atom. The van der Waals surface area contributed by atoms with E-state index in [0.29, 0.717) is 0 Å². The van der Waals surface area contributed by atoms with Crippen molar-refractivity contribution in [2.45, 2.75) is 34.6 Å². The van der Waals surface area contributed by atoms with Crippen LogP contribution in [0.1, 0.15) is 30.5 Å². The van der Waals surface area contributed by atoms with Gasteiger partial charge >= 0.3 is 0 Å². The van der Waals surface area contributed by atoms with Crippen molar-refractivity contribution in [3.63, 3.8) is 0 Å². The maximum atomic E-state index is 2.28. The minimum absolute atomic E-state index is 1.30. The monoisotopic (exact) mass is 226 g/mol. The van der Waals surface area contributed by atoms with Crippen LogP contribution in [0.15, 0.2) is 42.5 Å². The van der Waals surface area contributed by atoms with Gasteiger partial charge in [-0.3, -0.25) is 0 Å². The fourth-order valence-corrected chi connectivity index (χ4v) is 1.89. The van der Waals surface area contributed by atoms with E-state index >= 15 is 0 Å². The molecule has 0 heterocycles. The summed E-state index contributed by atoms with van der Waals surface area (Å²) in [5.74, 6) is 0. The normalized spacial score (nSPS) is 9.47. The molecule has 0 N–H and O–H groups in total. The van der Waals surface area contributed by atoms with Crippen LogP contribution >= 0.6 is 0 Å². The van der Waals surface area contributed by atoms with Crippen LogP contribution in [0, 0.1) is 20.8 Å². The van der Waals surface area contributed by atoms with Crippen LogP contribution in [0.5, 0.6) is 0 Å². The minimum Gasteiger partial charge on any atom is -0.0683 e. The molecule has 2 rings (SSSR count). The van der Waals surface area contributed by atoms with Gasteiger partial charge in [0, 0.05) is 0 Å². The van der Waals surface area contributed by atoms with Gasteiger partial charge in [-0.05, 0) is 48.6 Å². The quantitative estimate of drug-likeness (QED) is 0.618. The molecule has 0 aliphatic carbocycles. The van der Waals surface area contributed by atoms with E-state index in [1.165, 1.54) is 27.8 Å². The summed E-state index contributed by atoms with van der Waals surface area (Å²) in [7, 11) is 0. The van der Waals surface area contributed by atoms with E-state index in [9.17, 15) is 0 Å². The Labute approximate surface area is 105 Å². The van der Waals surface area contributed by atoms with E-state index in [-0.39, 0.29) is 0 Å². The predicted molar refractivity (Wildman–Crippen MR) is 77.4 cm³/mol. The highest BCUT2D eigenvalue weighted by Crippen LogP contribution is 2.25. The van der Waals surface area contributed by atoms with E-state index in [2.05, 4.69) is 63.2 Å². The van der Waals surface area contributed by atoms with E-state index in [1.54, 1.807) is 0 Å². The number of benzene rings is 2. The van der Waals surface area contributed by atoms with Crippen molar-refractivity contribution in [1.29, 1.82) is 0 Å². The molecular weight excluding hydrogens is 204 g/mol. The van der Waals surface area contributed by atoms with E-state index < -0.39 is 0 Å². The molecule has 0 spiro atoms. The molecule has 0 unspecified atom stereocenters. The summed E-state index contributed by atoms with van der Waals surface area (Å²) in [5.41, 5.74) is 6.73. The van der Waals surface area contributed by atoms with Gasteiger partial charge in [-0.15, -0.1) is 0 Å². The standard InChI is InChI=1S/C15H16.C2H6/c1-11-9-13(3)15(10-12(11)2)14-7-5-4-6-8-14;1-2/h4-10H,1-3H3;1-2H3. The third-order valence-electron chi connectivity index (χ3n) is 2.93. The molecule has 0 bridgehead atoms. The largest absolute Gasteiger partial charge is 0.0683 e. The van der Waals surface area contributed by atoms with E-state index in [0.717, 1.165) is 0 Å². The molecule has 0 amide bonds. The summed E-state index contributed by atoms with van der Waals surface area (Å²) in [4.78, 5) is 0. The molecule has 0 saturated carbocycles. The summed E-state index contributed by atoms with van der Waals surface area (Å²) in [6.45, 7) is 10.5. The van der Waals surface area contributed by atoms with Crippen molar-refractivity contribution >= 4 is 0 Å². The van der Waals surface area contributed by atoms with Crippen LogP contribution in [0.4, 0.5) is 0 Å². The Bertz CT molecular complexity index is 467. The minimum atomic E-state index is 1.30. The van der Waals surface area contributed by atoms with E-state index in [1.807, 2.05) is 13.8 Å². The highest BCUT2D eigenvalue weighted by atomic mass is 14.1. The fourth-order valence-electron chi connectivity index (χ4n) is 1.89. The van der Waals surface area contributed by atoms with Gasteiger partial charge in [-0.1, -0.05) is 56.3 Å². The van der Waals surface area contributed by atoms with Crippen molar-refractivity contribution in [2.24, 2.45) is 0 Å². The molecule has 2 aromatic rings. The summed E-state index contributed by atoms with van der Waals surface area (Å²) in [6, 6.07) is 15.1. The van der Waals surface area contributed by atoms with Gasteiger partial charge in [-0.25, -0.2) is 0 Å². The van der Waals surface area contributed by atoms with Crippen LogP contribution in [-0.4, -0.2) is 0 Å². The molecule has 0 radical (unpaired) electrons. The average Bonchev–Trinajstić information content (AvgIpc) is 2.37. The smallest absolute Gasteiger partial charge is 0.0152 e. The lowest BCUT2D eigenvalue weighted by atomic mass is 9.96. The van der Waals surface area contributed by atoms with Gasteiger partial charge < -0.3 is 0 Å². The van der Waals surface area contributed by atoms with E-state index in [4.69, 9.17) is 0 Å². The van der Waals surface area contributed by atoms with Gasteiger partial charge in [0.25, 0.3) is 0 Å². The lowest BCUT2D eigenvalue weighted by molar-refractivity contribution is 1.30. The Hall–Kier alpha value is -1.56. The van der Waals surface area contributed by atoms with Gasteiger partial charge in [0.1, 0.15) is 0 Å². The highest BCUT2D eigenvalue weighted by Gasteiger charge is 2.03.